The zero-order chi connectivity index (χ0) is 18.0. The maximum atomic E-state index is 12.5. The molecule has 2 saturated heterocycles. The van der Waals surface area contributed by atoms with E-state index in [4.69, 9.17) is 0 Å². The third-order valence-electron chi connectivity index (χ3n) is 5.36. The Kier molecular flexibility index (Phi) is 5.27. The van der Waals surface area contributed by atoms with Gasteiger partial charge in [-0.1, -0.05) is 13.0 Å². The number of nitrogens with one attached hydrogen (secondary N) is 1. The van der Waals surface area contributed by atoms with Gasteiger partial charge >= 0.3 is 6.03 Å². The van der Waals surface area contributed by atoms with E-state index in [1.807, 2.05) is 23.1 Å². The van der Waals surface area contributed by atoms with Crippen LogP contribution in [0.25, 0.3) is 0 Å². The number of anilines is 1. The quantitative estimate of drug-likeness (QED) is 0.909. The summed E-state index contributed by atoms with van der Waals surface area (Å²) in [5.41, 5.74) is 3.31. The maximum absolute atomic E-state index is 12.5. The van der Waals surface area contributed by atoms with Crippen molar-refractivity contribution in [1.29, 1.82) is 0 Å². The largest absolute Gasteiger partial charge is 0.333 e. The summed E-state index contributed by atoms with van der Waals surface area (Å²) in [6.07, 6.45) is 0.369. The van der Waals surface area contributed by atoms with Crippen LogP contribution in [0.2, 0.25) is 0 Å². The van der Waals surface area contributed by atoms with Crippen LogP contribution in [0.4, 0.5) is 10.5 Å². The highest BCUT2D eigenvalue weighted by molar-refractivity contribution is 5.96. The minimum absolute atomic E-state index is 0.0458. The molecule has 1 aromatic rings. The summed E-state index contributed by atoms with van der Waals surface area (Å²) in [5, 5.41) is 3.04. The number of hydrogen-bond donors (Lipinski definition) is 1. The summed E-state index contributed by atoms with van der Waals surface area (Å²) in [5.74, 6) is 0.0735. The average molecular weight is 344 g/mol. The fourth-order valence-corrected chi connectivity index (χ4v) is 3.48. The minimum atomic E-state index is -0.120. The SMILES string of the molecule is CCN1CCN(C(=O)N[C@H]2CC(=O)N(c3ccc(C)c(C)c3)C2)CC1. The summed E-state index contributed by atoms with van der Waals surface area (Å²) in [4.78, 5) is 30.8. The molecule has 0 aliphatic carbocycles. The molecule has 6 nitrogen and oxygen atoms in total. The van der Waals surface area contributed by atoms with Crippen LogP contribution in [0.5, 0.6) is 0 Å². The molecule has 0 radical (unpaired) electrons. The van der Waals surface area contributed by atoms with Gasteiger partial charge in [-0.05, 0) is 43.7 Å². The smallest absolute Gasteiger partial charge is 0.317 e. The van der Waals surface area contributed by atoms with Crippen LogP contribution in [0.15, 0.2) is 18.2 Å². The molecule has 3 amide bonds. The number of rotatable bonds is 3. The van der Waals surface area contributed by atoms with Gasteiger partial charge in [0.2, 0.25) is 5.91 Å². The number of piperazine rings is 1. The predicted molar refractivity (Wildman–Crippen MR) is 98.9 cm³/mol. The standard InChI is InChI=1S/C19H28N4O2/c1-4-21-7-9-22(10-8-21)19(25)20-16-12-18(24)23(13-16)17-6-5-14(2)15(3)11-17/h5-6,11,16H,4,7-10,12-13H2,1-3H3,(H,20,25)/t16-/m0/s1. The highest BCUT2D eigenvalue weighted by Crippen LogP contribution is 2.24. The molecule has 0 spiro atoms. The topological polar surface area (TPSA) is 55.9 Å². The molecule has 6 heteroatoms. The van der Waals surface area contributed by atoms with Crippen molar-refractivity contribution in [2.75, 3.05) is 44.2 Å². The second kappa shape index (κ2) is 7.44. The second-order valence-electron chi connectivity index (χ2n) is 7.04. The van der Waals surface area contributed by atoms with Crippen molar-refractivity contribution in [3.8, 4) is 0 Å². The van der Waals surface area contributed by atoms with Crippen LogP contribution < -0.4 is 10.2 Å². The Morgan fingerprint density at radius 1 is 1.16 bits per heavy atom. The lowest BCUT2D eigenvalue weighted by atomic mass is 10.1. The first-order chi connectivity index (χ1) is 12.0. The molecule has 1 aromatic carbocycles. The number of hydrogen-bond acceptors (Lipinski definition) is 3. The van der Waals surface area contributed by atoms with Gasteiger partial charge in [0.05, 0.1) is 6.04 Å². The first kappa shape index (κ1) is 17.7. The van der Waals surface area contributed by atoms with Crippen LogP contribution in [-0.4, -0.2) is 67.0 Å². The van der Waals surface area contributed by atoms with Crippen molar-refractivity contribution < 1.29 is 9.59 Å². The van der Waals surface area contributed by atoms with Crippen molar-refractivity contribution in [2.45, 2.75) is 33.2 Å². The van der Waals surface area contributed by atoms with Crippen LogP contribution in [-0.2, 0) is 4.79 Å². The van der Waals surface area contributed by atoms with E-state index in [1.165, 1.54) is 11.1 Å². The van der Waals surface area contributed by atoms with Crippen molar-refractivity contribution in [3.05, 3.63) is 29.3 Å². The number of benzene rings is 1. The van der Waals surface area contributed by atoms with Crippen LogP contribution >= 0.6 is 0 Å². The Hall–Kier alpha value is -2.08. The van der Waals surface area contributed by atoms with Gasteiger partial charge in [0.15, 0.2) is 0 Å². The van der Waals surface area contributed by atoms with Gasteiger partial charge in [-0.15, -0.1) is 0 Å². The number of carbonyl (C=O) groups is 2. The molecule has 2 fully saturated rings. The van der Waals surface area contributed by atoms with Gasteiger partial charge in [0.1, 0.15) is 0 Å². The van der Waals surface area contributed by atoms with E-state index in [0.29, 0.717) is 13.0 Å². The molecular weight excluding hydrogens is 316 g/mol. The Labute approximate surface area is 149 Å². The molecule has 3 rings (SSSR count). The summed E-state index contributed by atoms with van der Waals surface area (Å²) in [6, 6.07) is 5.90. The number of carbonyl (C=O) groups excluding carboxylic acids is 2. The van der Waals surface area contributed by atoms with Crippen molar-refractivity contribution in [3.63, 3.8) is 0 Å². The third kappa shape index (κ3) is 3.95. The van der Waals surface area contributed by atoms with E-state index in [-0.39, 0.29) is 18.0 Å². The zero-order valence-corrected chi connectivity index (χ0v) is 15.4. The molecule has 136 valence electrons. The fourth-order valence-electron chi connectivity index (χ4n) is 3.48. The summed E-state index contributed by atoms with van der Waals surface area (Å²) >= 11 is 0. The van der Waals surface area contributed by atoms with E-state index in [2.05, 4.69) is 31.0 Å². The van der Waals surface area contributed by atoms with E-state index in [1.54, 1.807) is 4.90 Å². The molecular formula is C19H28N4O2. The highest BCUT2D eigenvalue weighted by atomic mass is 16.2. The van der Waals surface area contributed by atoms with Crippen LogP contribution in [0.3, 0.4) is 0 Å². The van der Waals surface area contributed by atoms with E-state index in [9.17, 15) is 9.59 Å². The highest BCUT2D eigenvalue weighted by Gasteiger charge is 2.33. The molecule has 0 bridgehead atoms. The lowest BCUT2D eigenvalue weighted by molar-refractivity contribution is -0.117. The molecule has 2 aliphatic rings. The molecule has 0 aromatic heterocycles. The molecule has 2 heterocycles. The Balaban J connectivity index is 1.57. The van der Waals surface area contributed by atoms with Gasteiger partial charge in [-0.25, -0.2) is 4.79 Å². The first-order valence-corrected chi connectivity index (χ1v) is 9.13. The molecule has 25 heavy (non-hydrogen) atoms. The van der Waals surface area contributed by atoms with Crippen molar-refractivity contribution in [1.82, 2.24) is 15.1 Å². The van der Waals surface area contributed by atoms with E-state index < -0.39 is 0 Å². The first-order valence-electron chi connectivity index (χ1n) is 9.13. The molecule has 1 atom stereocenters. The average Bonchev–Trinajstić information content (AvgIpc) is 2.97. The zero-order valence-electron chi connectivity index (χ0n) is 15.4. The Bertz CT molecular complexity index is 653. The lowest BCUT2D eigenvalue weighted by Gasteiger charge is -2.34. The fraction of sp³-hybridized carbons (Fsp3) is 0.579. The normalized spacial score (nSPS) is 21.7. The second-order valence-corrected chi connectivity index (χ2v) is 7.04. The molecule has 0 unspecified atom stereocenters. The number of amides is 3. The van der Waals surface area contributed by atoms with Crippen molar-refractivity contribution in [2.24, 2.45) is 0 Å². The van der Waals surface area contributed by atoms with Gasteiger partial charge < -0.3 is 20.0 Å². The van der Waals surface area contributed by atoms with E-state index >= 15 is 0 Å². The van der Waals surface area contributed by atoms with Gasteiger partial charge in [0.25, 0.3) is 0 Å². The third-order valence-corrected chi connectivity index (χ3v) is 5.36. The number of likely N-dealkylation sites (N-methyl/N-ethyl adjacent to an activating group) is 1. The summed E-state index contributed by atoms with van der Waals surface area (Å²) < 4.78 is 0. The summed E-state index contributed by atoms with van der Waals surface area (Å²) in [6.45, 7) is 11.2. The van der Waals surface area contributed by atoms with E-state index in [0.717, 1.165) is 38.4 Å². The Morgan fingerprint density at radius 2 is 1.88 bits per heavy atom. The Morgan fingerprint density at radius 3 is 2.52 bits per heavy atom. The molecule has 1 N–H and O–H groups in total. The minimum Gasteiger partial charge on any atom is -0.333 e. The monoisotopic (exact) mass is 344 g/mol. The summed E-state index contributed by atoms with van der Waals surface area (Å²) in [7, 11) is 0. The number of nitrogens with zero attached hydrogens (tertiary/aromatic N) is 3. The van der Waals surface area contributed by atoms with Crippen molar-refractivity contribution >= 4 is 17.6 Å². The predicted octanol–water partition coefficient (Wildman–Crippen LogP) is 1.76. The number of aryl methyl sites for hydroxylation is 2. The van der Waals surface area contributed by atoms with Gasteiger partial charge in [0, 0.05) is 44.8 Å². The van der Waals surface area contributed by atoms with Gasteiger partial charge in [-0.2, -0.15) is 0 Å². The lowest BCUT2D eigenvalue weighted by Crippen LogP contribution is -2.53. The van der Waals surface area contributed by atoms with Gasteiger partial charge in [-0.3, -0.25) is 4.79 Å². The number of urea groups is 1. The van der Waals surface area contributed by atoms with Crippen LogP contribution in [0, 0.1) is 13.8 Å². The van der Waals surface area contributed by atoms with Crippen LogP contribution in [0.1, 0.15) is 24.5 Å². The molecule has 0 saturated carbocycles. The maximum Gasteiger partial charge on any atom is 0.317 e. The molecule has 2 aliphatic heterocycles.